The second-order valence-electron chi connectivity index (χ2n) is 4.89. The van der Waals surface area contributed by atoms with Gasteiger partial charge in [0, 0.05) is 7.05 Å². The Kier molecular flexibility index (Phi) is 3.16. The number of benzene rings is 2. The third kappa shape index (κ3) is 2.04. The third-order valence-corrected chi connectivity index (χ3v) is 3.60. The van der Waals surface area contributed by atoms with Crippen molar-refractivity contribution >= 4 is 11.0 Å². The van der Waals surface area contributed by atoms with E-state index in [0.717, 1.165) is 22.2 Å². The van der Waals surface area contributed by atoms with Crippen molar-refractivity contribution in [2.75, 3.05) is 0 Å². The number of aliphatic hydroxyl groups excluding tert-OH is 1. The van der Waals surface area contributed by atoms with Crippen molar-refractivity contribution in [2.24, 2.45) is 7.05 Å². The first-order valence-electron chi connectivity index (χ1n) is 6.53. The largest absolute Gasteiger partial charge is 0.392 e. The van der Waals surface area contributed by atoms with Gasteiger partial charge in [0.15, 0.2) is 0 Å². The van der Waals surface area contributed by atoms with Gasteiger partial charge in [-0.15, -0.1) is 0 Å². The Labute approximate surface area is 116 Å². The van der Waals surface area contributed by atoms with Crippen molar-refractivity contribution in [2.45, 2.75) is 13.2 Å². The van der Waals surface area contributed by atoms with Gasteiger partial charge in [-0.05, 0) is 23.3 Å². The van der Waals surface area contributed by atoms with E-state index in [1.807, 2.05) is 48.5 Å². The fourth-order valence-electron chi connectivity index (χ4n) is 2.45. The highest BCUT2D eigenvalue weighted by Gasteiger charge is 2.09. The molecule has 0 aliphatic carbocycles. The second-order valence-corrected chi connectivity index (χ2v) is 4.89. The van der Waals surface area contributed by atoms with Crippen LogP contribution in [0.2, 0.25) is 0 Å². The average Bonchev–Trinajstić information content (AvgIpc) is 2.74. The molecule has 0 saturated heterocycles. The van der Waals surface area contributed by atoms with Gasteiger partial charge in [-0.3, -0.25) is 9.13 Å². The van der Waals surface area contributed by atoms with Gasteiger partial charge >= 0.3 is 5.69 Å². The summed E-state index contributed by atoms with van der Waals surface area (Å²) in [5.74, 6) is 0. The summed E-state index contributed by atoms with van der Waals surface area (Å²) in [6.45, 7) is 0.570. The molecule has 20 heavy (non-hydrogen) atoms. The first-order chi connectivity index (χ1) is 9.70. The zero-order valence-electron chi connectivity index (χ0n) is 11.3. The van der Waals surface area contributed by atoms with Crippen molar-refractivity contribution in [3.8, 4) is 0 Å². The molecule has 0 bridgehead atoms. The second kappa shape index (κ2) is 4.98. The van der Waals surface area contributed by atoms with E-state index >= 15 is 0 Å². The summed E-state index contributed by atoms with van der Waals surface area (Å²) >= 11 is 0. The maximum atomic E-state index is 12.3. The molecule has 0 unspecified atom stereocenters. The van der Waals surface area contributed by atoms with Crippen LogP contribution in [-0.4, -0.2) is 14.2 Å². The monoisotopic (exact) mass is 268 g/mol. The van der Waals surface area contributed by atoms with Crippen LogP contribution in [0.4, 0.5) is 0 Å². The van der Waals surface area contributed by atoms with E-state index in [-0.39, 0.29) is 12.3 Å². The molecule has 4 nitrogen and oxygen atoms in total. The Bertz CT molecular complexity index is 797. The number of hydrogen-bond donors (Lipinski definition) is 1. The molecule has 0 aliphatic heterocycles. The number of aromatic nitrogens is 2. The first kappa shape index (κ1) is 12.7. The van der Waals surface area contributed by atoms with Crippen LogP contribution >= 0.6 is 0 Å². The predicted molar refractivity (Wildman–Crippen MR) is 78.6 cm³/mol. The molecule has 0 spiro atoms. The van der Waals surface area contributed by atoms with Gasteiger partial charge in [-0.1, -0.05) is 36.4 Å². The van der Waals surface area contributed by atoms with Crippen molar-refractivity contribution in [3.63, 3.8) is 0 Å². The lowest BCUT2D eigenvalue weighted by atomic mass is 10.1. The predicted octanol–water partition coefficient (Wildman–Crippen LogP) is 1.88. The number of aliphatic hydroxyl groups is 1. The van der Waals surface area contributed by atoms with Crippen molar-refractivity contribution in [1.29, 1.82) is 0 Å². The molecular formula is C16H16N2O2. The minimum Gasteiger partial charge on any atom is -0.392 e. The Morgan fingerprint density at radius 1 is 0.950 bits per heavy atom. The van der Waals surface area contributed by atoms with E-state index < -0.39 is 0 Å². The topological polar surface area (TPSA) is 47.2 Å². The molecule has 0 atom stereocenters. The molecule has 4 heteroatoms. The normalized spacial score (nSPS) is 11.1. The molecule has 1 heterocycles. The van der Waals surface area contributed by atoms with Crippen LogP contribution in [0, 0.1) is 0 Å². The van der Waals surface area contributed by atoms with Gasteiger partial charge in [0.25, 0.3) is 0 Å². The molecule has 3 aromatic rings. The standard InChI is InChI=1S/C16H16N2O2/c1-17-14-4-2-3-5-15(14)18(16(17)20)10-12-6-8-13(11-19)9-7-12/h2-9,19H,10-11H2,1H3. The summed E-state index contributed by atoms with van der Waals surface area (Å²) in [5, 5.41) is 9.05. The quantitative estimate of drug-likeness (QED) is 0.788. The highest BCUT2D eigenvalue weighted by atomic mass is 16.3. The molecule has 0 radical (unpaired) electrons. The van der Waals surface area contributed by atoms with E-state index in [0.29, 0.717) is 6.54 Å². The summed E-state index contributed by atoms with van der Waals surface area (Å²) < 4.78 is 3.43. The Morgan fingerprint density at radius 2 is 1.55 bits per heavy atom. The molecule has 0 amide bonds. The first-order valence-corrected chi connectivity index (χ1v) is 6.53. The van der Waals surface area contributed by atoms with Gasteiger partial charge in [-0.2, -0.15) is 0 Å². The van der Waals surface area contributed by atoms with Crippen LogP contribution in [0.5, 0.6) is 0 Å². The van der Waals surface area contributed by atoms with Crippen LogP contribution in [0.1, 0.15) is 11.1 Å². The number of imidazole rings is 1. The lowest BCUT2D eigenvalue weighted by Crippen LogP contribution is -2.22. The minimum absolute atomic E-state index is 0.0163. The Morgan fingerprint density at radius 3 is 2.20 bits per heavy atom. The maximum absolute atomic E-state index is 12.3. The van der Waals surface area contributed by atoms with E-state index in [9.17, 15) is 4.79 Å². The van der Waals surface area contributed by atoms with Crippen molar-refractivity contribution in [3.05, 3.63) is 70.1 Å². The van der Waals surface area contributed by atoms with Crippen molar-refractivity contribution in [1.82, 2.24) is 9.13 Å². The van der Waals surface area contributed by atoms with Gasteiger partial charge in [0.05, 0.1) is 24.2 Å². The summed E-state index contributed by atoms with van der Waals surface area (Å²) in [7, 11) is 1.79. The fourth-order valence-corrected chi connectivity index (χ4v) is 2.45. The van der Waals surface area contributed by atoms with Crippen LogP contribution in [0.3, 0.4) is 0 Å². The highest BCUT2D eigenvalue weighted by molar-refractivity contribution is 5.75. The number of hydrogen-bond acceptors (Lipinski definition) is 2. The molecule has 3 rings (SSSR count). The summed E-state index contributed by atoms with van der Waals surface area (Å²) in [4.78, 5) is 12.3. The zero-order valence-corrected chi connectivity index (χ0v) is 11.3. The Balaban J connectivity index is 2.06. The fraction of sp³-hybridized carbons (Fsp3) is 0.188. The van der Waals surface area contributed by atoms with Gasteiger partial charge in [0.2, 0.25) is 0 Å². The summed E-state index contributed by atoms with van der Waals surface area (Å²) in [6.07, 6.45) is 0. The van der Waals surface area contributed by atoms with Gasteiger partial charge in [0.1, 0.15) is 0 Å². The lowest BCUT2D eigenvalue weighted by Gasteiger charge is -2.04. The zero-order chi connectivity index (χ0) is 14.1. The van der Waals surface area contributed by atoms with E-state index in [4.69, 9.17) is 5.11 Å². The molecule has 0 fully saturated rings. The van der Waals surface area contributed by atoms with Crippen LogP contribution in [0.25, 0.3) is 11.0 Å². The van der Waals surface area contributed by atoms with E-state index in [1.165, 1.54) is 0 Å². The van der Waals surface area contributed by atoms with Crippen LogP contribution in [0.15, 0.2) is 53.3 Å². The third-order valence-electron chi connectivity index (χ3n) is 3.60. The summed E-state index contributed by atoms with van der Waals surface area (Å²) in [6, 6.07) is 15.4. The molecule has 0 aliphatic rings. The van der Waals surface area contributed by atoms with Gasteiger partial charge < -0.3 is 5.11 Å². The highest BCUT2D eigenvalue weighted by Crippen LogP contribution is 2.14. The van der Waals surface area contributed by atoms with Crippen molar-refractivity contribution < 1.29 is 5.11 Å². The molecule has 102 valence electrons. The van der Waals surface area contributed by atoms with Gasteiger partial charge in [-0.25, -0.2) is 4.79 Å². The Hall–Kier alpha value is -2.33. The molecule has 1 aromatic heterocycles. The molecule has 0 saturated carbocycles. The number of aryl methyl sites for hydroxylation is 1. The maximum Gasteiger partial charge on any atom is 0.329 e. The van der Waals surface area contributed by atoms with Crippen LogP contribution < -0.4 is 5.69 Å². The number of fused-ring (bicyclic) bond motifs is 1. The number of para-hydroxylation sites is 2. The SMILES string of the molecule is Cn1c(=O)n(Cc2ccc(CO)cc2)c2ccccc21. The number of rotatable bonds is 3. The number of nitrogens with zero attached hydrogens (tertiary/aromatic N) is 2. The molecule has 1 N–H and O–H groups in total. The minimum atomic E-state index is -0.0163. The van der Waals surface area contributed by atoms with E-state index in [2.05, 4.69) is 0 Å². The average molecular weight is 268 g/mol. The van der Waals surface area contributed by atoms with E-state index in [1.54, 1.807) is 16.2 Å². The molecular weight excluding hydrogens is 252 g/mol. The van der Waals surface area contributed by atoms with Crippen LogP contribution in [-0.2, 0) is 20.2 Å². The molecule has 2 aromatic carbocycles. The lowest BCUT2D eigenvalue weighted by molar-refractivity contribution is 0.282. The summed E-state index contributed by atoms with van der Waals surface area (Å²) in [5.41, 5.74) is 3.77. The smallest absolute Gasteiger partial charge is 0.329 e.